The van der Waals surface area contributed by atoms with E-state index in [-0.39, 0.29) is 5.82 Å². The fourth-order valence-electron chi connectivity index (χ4n) is 1.89. The lowest BCUT2D eigenvalue weighted by molar-refractivity contribution is -0.125. The first-order valence-corrected chi connectivity index (χ1v) is 5.53. The third-order valence-corrected chi connectivity index (χ3v) is 3.11. The maximum absolute atomic E-state index is 12.8. The molecule has 0 bridgehead atoms. The van der Waals surface area contributed by atoms with E-state index in [0.29, 0.717) is 24.5 Å². The van der Waals surface area contributed by atoms with Gasteiger partial charge >= 0.3 is 0 Å². The molecule has 0 unspecified atom stereocenters. The van der Waals surface area contributed by atoms with E-state index in [2.05, 4.69) is 0 Å². The number of Topliss-reactive ketones (excluding diaryl/α,β-unsaturated/α-hetero) is 1. The van der Waals surface area contributed by atoms with Gasteiger partial charge in [-0.2, -0.15) is 0 Å². The Hall–Kier alpha value is -1.18. The second-order valence-corrected chi connectivity index (χ2v) is 4.22. The highest BCUT2D eigenvalue weighted by Gasteiger charge is 2.24. The molecular formula is C13H15FO. The molecule has 1 aromatic carbocycles. The summed E-state index contributed by atoms with van der Waals surface area (Å²) >= 11 is 0. The number of carbonyl (C=O) groups excluding carboxylic acids is 1. The van der Waals surface area contributed by atoms with Gasteiger partial charge in [0.1, 0.15) is 11.6 Å². The first-order chi connectivity index (χ1) is 7.25. The number of benzene rings is 1. The van der Waals surface area contributed by atoms with Gasteiger partial charge in [-0.05, 0) is 37.0 Å². The van der Waals surface area contributed by atoms with E-state index in [1.807, 2.05) is 6.07 Å². The highest BCUT2D eigenvalue weighted by Crippen LogP contribution is 2.28. The number of carbonyl (C=O) groups is 1. The van der Waals surface area contributed by atoms with Gasteiger partial charge in [0.25, 0.3) is 0 Å². The normalized spacial score (nSPS) is 16.1. The Morgan fingerprint density at radius 2 is 2.20 bits per heavy atom. The Morgan fingerprint density at radius 3 is 2.80 bits per heavy atom. The predicted molar refractivity (Wildman–Crippen MR) is 57.1 cm³/mol. The molecule has 0 amide bonds. The van der Waals surface area contributed by atoms with Gasteiger partial charge in [-0.1, -0.05) is 18.6 Å². The summed E-state index contributed by atoms with van der Waals surface area (Å²) in [6.45, 7) is 0. The molecule has 0 saturated heterocycles. The Morgan fingerprint density at radius 1 is 1.40 bits per heavy atom. The second kappa shape index (κ2) is 4.56. The standard InChI is InChI=1S/C13H15FO/c14-12-6-1-3-10(9-12)7-8-13(15)11-4-2-5-11/h1,3,6,9,11H,2,4-5,7-8H2. The van der Waals surface area contributed by atoms with Gasteiger partial charge in [0.15, 0.2) is 0 Å². The minimum Gasteiger partial charge on any atom is -0.299 e. The lowest BCUT2D eigenvalue weighted by Gasteiger charge is -2.23. The van der Waals surface area contributed by atoms with Crippen molar-refractivity contribution in [1.82, 2.24) is 0 Å². The summed E-state index contributed by atoms with van der Waals surface area (Å²) in [4.78, 5) is 11.6. The van der Waals surface area contributed by atoms with Gasteiger partial charge in [-0.25, -0.2) is 4.39 Å². The molecule has 2 heteroatoms. The SMILES string of the molecule is O=C(CCc1cccc(F)c1)C1CCC1. The molecule has 0 aliphatic heterocycles. The molecule has 2 rings (SSSR count). The molecule has 0 atom stereocenters. The first kappa shape index (κ1) is 10.3. The average molecular weight is 206 g/mol. The summed E-state index contributed by atoms with van der Waals surface area (Å²) in [7, 11) is 0. The van der Waals surface area contributed by atoms with Crippen LogP contribution >= 0.6 is 0 Å². The van der Waals surface area contributed by atoms with Crippen molar-refractivity contribution in [2.45, 2.75) is 32.1 Å². The van der Waals surface area contributed by atoms with Crippen LogP contribution in [0.4, 0.5) is 4.39 Å². The summed E-state index contributed by atoms with van der Waals surface area (Å²) < 4.78 is 12.8. The van der Waals surface area contributed by atoms with Crippen LogP contribution in [-0.2, 0) is 11.2 Å². The number of ketones is 1. The molecule has 0 spiro atoms. The zero-order chi connectivity index (χ0) is 10.7. The molecule has 1 fully saturated rings. The minimum absolute atomic E-state index is 0.219. The summed E-state index contributed by atoms with van der Waals surface area (Å²) in [6, 6.07) is 6.50. The molecule has 15 heavy (non-hydrogen) atoms. The number of aryl methyl sites for hydroxylation is 1. The molecule has 0 heterocycles. The van der Waals surface area contributed by atoms with Crippen LogP contribution in [-0.4, -0.2) is 5.78 Å². The maximum Gasteiger partial charge on any atom is 0.136 e. The summed E-state index contributed by atoms with van der Waals surface area (Å²) in [5, 5.41) is 0. The quantitative estimate of drug-likeness (QED) is 0.739. The highest BCUT2D eigenvalue weighted by atomic mass is 19.1. The van der Waals surface area contributed by atoms with Gasteiger partial charge in [-0.3, -0.25) is 4.79 Å². The van der Waals surface area contributed by atoms with Crippen LogP contribution in [0, 0.1) is 11.7 Å². The van der Waals surface area contributed by atoms with Crippen LogP contribution < -0.4 is 0 Å². The fourth-order valence-corrected chi connectivity index (χ4v) is 1.89. The van der Waals surface area contributed by atoms with E-state index in [9.17, 15) is 9.18 Å². The van der Waals surface area contributed by atoms with E-state index in [4.69, 9.17) is 0 Å². The van der Waals surface area contributed by atoms with Crippen molar-refractivity contribution < 1.29 is 9.18 Å². The van der Waals surface area contributed by atoms with Crippen LogP contribution in [0.25, 0.3) is 0 Å². The third-order valence-electron chi connectivity index (χ3n) is 3.11. The smallest absolute Gasteiger partial charge is 0.136 e. The second-order valence-electron chi connectivity index (χ2n) is 4.22. The molecule has 0 aromatic heterocycles. The van der Waals surface area contributed by atoms with E-state index in [0.717, 1.165) is 18.4 Å². The zero-order valence-corrected chi connectivity index (χ0v) is 8.71. The van der Waals surface area contributed by atoms with Crippen LogP contribution in [0.1, 0.15) is 31.2 Å². The Bertz CT molecular complexity index is 355. The Kier molecular flexibility index (Phi) is 3.14. The number of hydrogen-bond donors (Lipinski definition) is 0. The van der Waals surface area contributed by atoms with Gasteiger partial charge in [0.2, 0.25) is 0 Å². The summed E-state index contributed by atoms with van der Waals surface area (Å²) in [6.07, 6.45) is 4.54. The topological polar surface area (TPSA) is 17.1 Å². The van der Waals surface area contributed by atoms with Gasteiger partial charge in [0, 0.05) is 12.3 Å². The van der Waals surface area contributed by atoms with Crippen molar-refractivity contribution >= 4 is 5.78 Å². The van der Waals surface area contributed by atoms with E-state index >= 15 is 0 Å². The molecule has 0 N–H and O–H groups in total. The van der Waals surface area contributed by atoms with Crippen LogP contribution in [0.3, 0.4) is 0 Å². The Labute approximate surface area is 89.3 Å². The maximum atomic E-state index is 12.8. The Balaban J connectivity index is 1.84. The number of rotatable bonds is 4. The monoisotopic (exact) mass is 206 g/mol. The van der Waals surface area contributed by atoms with Crippen LogP contribution in [0.5, 0.6) is 0 Å². The molecule has 80 valence electrons. The molecule has 1 aliphatic carbocycles. The van der Waals surface area contributed by atoms with Crippen LogP contribution in [0.15, 0.2) is 24.3 Å². The van der Waals surface area contributed by atoms with E-state index in [1.165, 1.54) is 18.6 Å². The molecule has 0 radical (unpaired) electrons. The largest absolute Gasteiger partial charge is 0.299 e. The predicted octanol–water partition coefficient (Wildman–Crippen LogP) is 3.13. The van der Waals surface area contributed by atoms with E-state index in [1.54, 1.807) is 6.07 Å². The first-order valence-electron chi connectivity index (χ1n) is 5.53. The zero-order valence-electron chi connectivity index (χ0n) is 8.71. The van der Waals surface area contributed by atoms with Gasteiger partial charge in [0.05, 0.1) is 0 Å². The molecule has 1 nitrogen and oxygen atoms in total. The van der Waals surface area contributed by atoms with Crippen molar-refractivity contribution in [3.63, 3.8) is 0 Å². The number of hydrogen-bond acceptors (Lipinski definition) is 1. The molecular weight excluding hydrogens is 191 g/mol. The van der Waals surface area contributed by atoms with Crippen molar-refractivity contribution in [3.05, 3.63) is 35.6 Å². The van der Waals surface area contributed by atoms with Gasteiger partial charge in [-0.15, -0.1) is 0 Å². The molecule has 1 aromatic rings. The van der Waals surface area contributed by atoms with Crippen molar-refractivity contribution in [3.8, 4) is 0 Å². The lowest BCUT2D eigenvalue weighted by Crippen LogP contribution is -2.22. The van der Waals surface area contributed by atoms with Crippen molar-refractivity contribution in [2.75, 3.05) is 0 Å². The highest BCUT2D eigenvalue weighted by molar-refractivity contribution is 5.81. The average Bonchev–Trinajstić information content (AvgIpc) is 2.12. The molecule has 1 saturated carbocycles. The molecule has 1 aliphatic rings. The summed E-state index contributed by atoms with van der Waals surface area (Å²) in [5.41, 5.74) is 0.919. The third kappa shape index (κ3) is 2.65. The van der Waals surface area contributed by atoms with Crippen molar-refractivity contribution in [2.24, 2.45) is 5.92 Å². The van der Waals surface area contributed by atoms with E-state index < -0.39 is 0 Å². The lowest BCUT2D eigenvalue weighted by atomic mass is 9.80. The fraction of sp³-hybridized carbons (Fsp3) is 0.462. The minimum atomic E-state index is -0.219. The van der Waals surface area contributed by atoms with Crippen LogP contribution in [0.2, 0.25) is 0 Å². The number of halogens is 1. The summed E-state index contributed by atoms with van der Waals surface area (Å²) in [5.74, 6) is 0.438. The van der Waals surface area contributed by atoms with Gasteiger partial charge < -0.3 is 0 Å². The van der Waals surface area contributed by atoms with Crippen molar-refractivity contribution in [1.29, 1.82) is 0 Å².